The van der Waals surface area contributed by atoms with Gasteiger partial charge in [0.05, 0.1) is 0 Å². The summed E-state index contributed by atoms with van der Waals surface area (Å²) in [6.45, 7) is 4.36. The summed E-state index contributed by atoms with van der Waals surface area (Å²) < 4.78 is 0. The highest BCUT2D eigenvalue weighted by molar-refractivity contribution is 5.50. The Morgan fingerprint density at radius 1 is 1.14 bits per heavy atom. The van der Waals surface area contributed by atoms with Crippen LogP contribution in [0.15, 0.2) is 12.2 Å². The Morgan fingerprint density at radius 2 is 1.93 bits per heavy atom. The van der Waals surface area contributed by atoms with E-state index >= 15 is 0 Å². The van der Waals surface area contributed by atoms with Gasteiger partial charge in [0.1, 0.15) is 6.29 Å². The molecule has 0 aromatic rings. The van der Waals surface area contributed by atoms with Gasteiger partial charge in [-0.15, -0.1) is 0 Å². The molecule has 0 aromatic heterocycles. The fraction of sp³-hybridized carbons (Fsp3) is 0.769. The number of carbonyl (C=O) groups is 1. The van der Waals surface area contributed by atoms with Gasteiger partial charge >= 0.3 is 0 Å². The van der Waals surface area contributed by atoms with Gasteiger partial charge in [-0.25, -0.2) is 0 Å². The van der Waals surface area contributed by atoms with Crippen molar-refractivity contribution in [2.45, 2.75) is 58.8 Å². The van der Waals surface area contributed by atoms with Crippen molar-refractivity contribution >= 4 is 6.29 Å². The number of allylic oxidation sites excluding steroid dienone is 2. The van der Waals surface area contributed by atoms with Crippen molar-refractivity contribution in [2.24, 2.45) is 5.92 Å². The molecule has 1 nitrogen and oxygen atoms in total. The molecule has 0 aliphatic heterocycles. The second-order valence-electron chi connectivity index (χ2n) is 3.85. The third kappa shape index (κ3) is 8.03. The maximum absolute atomic E-state index is 10.3. The van der Waals surface area contributed by atoms with E-state index < -0.39 is 0 Å². The molecule has 82 valence electrons. The molecule has 1 atom stereocenters. The molecule has 0 fully saturated rings. The molecule has 0 heterocycles. The Balaban J connectivity index is 3.43. The summed E-state index contributed by atoms with van der Waals surface area (Å²) in [6, 6.07) is 0. The highest BCUT2D eigenvalue weighted by atomic mass is 16.1. The van der Waals surface area contributed by atoms with Crippen molar-refractivity contribution < 1.29 is 4.79 Å². The summed E-state index contributed by atoms with van der Waals surface area (Å²) in [5.41, 5.74) is 0. The molecule has 0 amide bonds. The van der Waals surface area contributed by atoms with E-state index in [-0.39, 0.29) is 0 Å². The molecule has 0 saturated carbocycles. The zero-order valence-electron chi connectivity index (χ0n) is 9.67. The number of rotatable bonds is 9. The first kappa shape index (κ1) is 13.4. The molecule has 0 aliphatic carbocycles. The Morgan fingerprint density at radius 3 is 2.50 bits per heavy atom. The molecule has 0 bridgehead atoms. The number of aldehydes is 1. The van der Waals surface area contributed by atoms with Crippen LogP contribution in [0.25, 0.3) is 0 Å². The van der Waals surface area contributed by atoms with Crippen molar-refractivity contribution in [2.75, 3.05) is 0 Å². The standard InChI is InChI=1S/C13H24O/c1-3-5-6-7-8-9-10-13(4-2)11-12-14/h9-10,12-13H,3-8,11H2,1-2H3/b10-9+/t13-/m1/s1. The summed E-state index contributed by atoms with van der Waals surface area (Å²) in [5.74, 6) is 0.471. The summed E-state index contributed by atoms with van der Waals surface area (Å²) in [5, 5.41) is 0. The molecule has 0 aromatic carbocycles. The molecule has 0 unspecified atom stereocenters. The van der Waals surface area contributed by atoms with Gasteiger partial charge in [0, 0.05) is 6.42 Å². The molecule has 0 radical (unpaired) electrons. The van der Waals surface area contributed by atoms with Gasteiger partial charge in [-0.1, -0.05) is 45.3 Å². The van der Waals surface area contributed by atoms with E-state index in [1.54, 1.807) is 0 Å². The highest BCUT2D eigenvalue weighted by Gasteiger charge is 1.98. The van der Waals surface area contributed by atoms with Gasteiger partial charge in [0.2, 0.25) is 0 Å². The predicted molar refractivity (Wildman–Crippen MR) is 62.4 cm³/mol. The lowest BCUT2D eigenvalue weighted by Gasteiger charge is -2.03. The fourth-order valence-corrected chi connectivity index (χ4v) is 1.48. The zero-order valence-corrected chi connectivity index (χ0v) is 9.67. The molecule has 0 N–H and O–H groups in total. The fourth-order valence-electron chi connectivity index (χ4n) is 1.48. The first-order valence-electron chi connectivity index (χ1n) is 5.95. The number of carbonyl (C=O) groups excluding carboxylic acids is 1. The minimum Gasteiger partial charge on any atom is -0.303 e. The molecule has 0 rings (SSSR count). The zero-order chi connectivity index (χ0) is 10.6. The molecule has 0 aliphatic rings. The normalized spacial score (nSPS) is 13.3. The minimum atomic E-state index is 0.471. The molecular formula is C13H24O. The number of hydrogen-bond acceptors (Lipinski definition) is 1. The molecular weight excluding hydrogens is 172 g/mol. The lowest BCUT2D eigenvalue weighted by atomic mass is 10.0. The smallest absolute Gasteiger partial charge is 0.120 e. The van der Waals surface area contributed by atoms with Crippen LogP contribution in [-0.4, -0.2) is 6.29 Å². The minimum absolute atomic E-state index is 0.471. The van der Waals surface area contributed by atoms with Crippen LogP contribution in [0, 0.1) is 5.92 Å². The highest BCUT2D eigenvalue weighted by Crippen LogP contribution is 2.10. The summed E-state index contributed by atoms with van der Waals surface area (Å²) in [6.07, 6.45) is 13.7. The van der Waals surface area contributed by atoms with Crippen LogP contribution >= 0.6 is 0 Å². The van der Waals surface area contributed by atoms with Crippen LogP contribution < -0.4 is 0 Å². The Hall–Kier alpha value is -0.590. The first-order valence-corrected chi connectivity index (χ1v) is 5.95. The number of unbranched alkanes of at least 4 members (excludes halogenated alkanes) is 4. The van der Waals surface area contributed by atoms with Crippen LogP contribution in [0.5, 0.6) is 0 Å². The van der Waals surface area contributed by atoms with Crippen molar-refractivity contribution in [3.8, 4) is 0 Å². The van der Waals surface area contributed by atoms with Crippen LogP contribution in [0.3, 0.4) is 0 Å². The average molecular weight is 196 g/mol. The largest absolute Gasteiger partial charge is 0.303 e. The van der Waals surface area contributed by atoms with Crippen molar-refractivity contribution in [3.05, 3.63) is 12.2 Å². The van der Waals surface area contributed by atoms with E-state index in [0.717, 1.165) is 12.7 Å². The van der Waals surface area contributed by atoms with Gasteiger partial charge in [-0.05, 0) is 25.2 Å². The summed E-state index contributed by atoms with van der Waals surface area (Å²) in [7, 11) is 0. The van der Waals surface area contributed by atoms with Gasteiger partial charge in [-0.3, -0.25) is 0 Å². The quantitative estimate of drug-likeness (QED) is 0.308. The molecule has 1 heteroatoms. The Labute approximate surface area is 88.6 Å². The van der Waals surface area contributed by atoms with E-state index in [0.29, 0.717) is 12.3 Å². The van der Waals surface area contributed by atoms with E-state index in [9.17, 15) is 4.79 Å². The Kier molecular flexibility index (Phi) is 10.0. The summed E-state index contributed by atoms with van der Waals surface area (Å²) >= 11 is 0. The van der Waals surface area contributed by atoms with Crippen LogP contribution in [0.4, 0.5) is 0 Å². The number of hydrogen-bond donors (Lipinski definition) is 0. The maximum atomic E-state index is 10.3. The van der Waals surface area contributed by atoms with Crippen LogP contribution in [0.2, 0.25) is 0 Å². The lowest BCUT2D eigenvalue weighted by Crippen LogP contribution is -1.94. The van der Waals surface area contributed by atoms with E-state index in [2.05, 4.69) is 26.0 Å². The predicted octanol–water partition coefficient (Wildman–Crippen LogP) is 4.13. The van der Waals surface area contributed by atoms with Gasteiger partial charge < -0.3 is 4.79 Å². The van der Waals surface area contributed by atoms with Gasteiger partial charge in [0.25, 0.3) is 0 Å². The van der Waals surface area contributed by atoms with Crippen molar-refractivity contribution in [1.29, 1.82) is 0 Å². The summed E-state index contributed by atoms with van der Waals surface area (Å²) in [4.78, 5) is 10.3. The third-order valence-electron chi connectivity index (χ3n) is 2.56. The van der Waals surface area contributed by atoms with Gasteiger partial charge in [-0.2, -0.15) is 0 Å². The van der Waals surface area contributed by atoms with Gasteiger partial charge in [0.15, 0.2) is 0 Å². The lowest BCUT2D eigenvalue weighted by molar-refractivity contribution is -0.108. The van der Waals surface area contributed by atoms with Crippen molar-refractivity contribution in [3.63, 3.8) is 0 Å². The molecule has 14 heavy (non-hydrogen) atoms. The first-order chi connectivity index (χ1) is 6.85. The van der Waals surface area contributed by atoms with E-state index in [1.807, 2.05) is 0 Å². The second kappa shape index (κ2) is 10.5. The average Bonchev–Trinajstić information content (AvgIpc) is 2.21. The molecule has 0 spiro atoms. The van der Waals surface area contributed by atoms with Crippen LogP contribution in [0.1, 0.15) is 58.8 Å². The van der Waals surface area contributed by atoms with E-state index in [1.165, 1.54) is 32.1 Å². The SMILES string of the molecule is CCCCCC/C=C/[C@@H](CC)CC=O. The second-order valence-corrected chi connectivity index (χ2v) is 3.85. The van der Waals surface area contributed by atoms with E-state index in [4.69, 9.17) is 0 Å². The third-order valence-corrected chi connectivity index (χ3v) is 2.56. The maximum Gasteiger partial charge on any atom is 0.120 e. The monoisotopic (exact) mass is 196 g/mol. The Bertz CT molecular complexity index is 149. The van der Waals surface area contributed by atoms with Crippen molar-refractivity contribution in [1.82, 2.24) is 0 Å². The molecule has 0 saturated heterocycles. The topological polar surface area (TPSA) is 17.1 Å². The van der Waals surface area contributed by atoms with Crippen LogP contribution in [-0.2, 0) is 4.79 Å².